The van der Waals surface area contributed by atoms with Gasteiger partial charge < -0.3 is 0 Å². The molecule has 0 aliphatic heterocycles. The minimum Gasteiger partial charge on any atom is -0.265 e. The molecule has 0 N–H and O–H groups in total. The number of hydrogen-bond acceptors (Lipinski definition) is 1. The van der Waals surface area contributed by atoms with E-state index in [9.17, 15) is 0 Å². The maximum absolute atomic E-state index is 4.11. The van der Waals surface area contributed by atoms with Crippen LogP contribution in [0.25, 0.3) is 33.3 Å². The minimum atomic E-state index is 1.19. The van der Waals surface area contributed by atoms with Gasteiger partial charge in [0, 0.05) is 35.5 Å². The standard InChI is InChI=1S/C22H19N2/c1-16-5-3-4-6-20(16)21-10-9-18-7-8-19(15-22(18)24(21)2)17-11-13-23-14-12-17/h3-15H,1-2H3/q+1. The molecule has 4 rings (SSSR count). The molecule has 0 saturated heterocycles. The summed E-state index contributed by atoms with van der Waals surface area (Å²) in [5.74, 6) is 0. The highest BCUT2D eigenvalue weighted by Gasteiger charge is 2.16. The van der Waals surface area contributed by atoms with Crippen molar-refractivity contribution < 1.29 is 4.57 Å². The van der Waals surface area contributed by atoms with Gasteiger partial charge in [0.1, 0.15) is 7.05 Å². The molecule has 2 heteroatoms. The Labute approximate surface area is 142 Å². The number of nitrogens with zero attached hydrogens (tertiary/aromatic N) is 2. The van der Waals surface area contributed by atoms with Crippen LogP contribution in [0.1, 0.15) is 5.56 Å². The van der Waals surface area contributed by atoms with E-state index in [1.807, 2.05) is 24.5 Å². The molecule has 2 aromatic carbocycles. The van der Waals surface area contributed by atoms with Crippen molar-refractivity contribution in [3.63, 3.8) is 0 Å². The maximum Gasteiger partial charge on any atom is 0.213 e. The van der Waals surface area contributed by atoms with Crippen molar-refractivity contribution in [3.05, 3.63) is 84.7 Å². The lowest BCUT2D eigenvalue weighted by atomic mass is 10.0. The molecule has 0 spiro atoms. The van der Waals surface area contributed by atoms with Crippen LogP contribution in [0.5, 0.6) is 0 Å². The lowest BCUT2D eigenvalue weighted by Crippen LogP contribution is -2.32. The molecule has 0 fully saturated rings. The average molecular weight is 311 g/mol. The smallest absolute Gasteiger partial charge is 0.213 e. The molecule has 0 radical (unpaired) electrons. The Balaban J connectivity index is 1.93. The average Bonchev–Trinajstić information content (AvgIpc) is 2.63. The molecular weight excluding hydrogens is 292 g/mol. The summed E-state index contributed by atoms with van der Waals surface area (Å²) in [5.41, 5.74) is 7.42. The first-order chi connectivity index (χ1) is 11.7. The Morgan fingerprint density at radius 1 is 0.792 bits per heavy atom. The van der Waals surface area contributed by atoms with E-state index < -0.39 is 0 Å². The number of fused-ring (bicyclic) bond motifs is 1. The van der Waals surface area contributed by atoms with Crippen LogP contribution in [0.4, 0.5) is 0 Å². The van der Waals surface area contributed by atoms with E-state index in [2.05, 4.69) is 78.1 Å². The number of aryl methyl sites for hydroxylation is 2. The predicted molar refractivity (Wildman–Crippen MR) is 98.5 cm³/mol. The molecule has 24 heavy (non-hydrogen) atoms. The Morgan fingerprint density at radius 2 is 1.54 bits per heavy atom. The molecule has 4 aromatic rings. The topological polar surface area (TPSA) is 16.8 Å². The third-order valence-electron chi connectivity index (χ3n) is 4.61. The Morgan fingerprint density at radius 3 is 2.33 bits per heavy atom. The molecule has 0 atom stereocenters. The quantitative estimate of drug-likeness (QED) is 0.490. The zero-order valence-electron chi connectivity index (χ0n) is 13.9. The molecule has 0 saturated carbocycles. The first-order valence-corrected chi connectivity index (χ1v) is 8.13. The molecule has 0 aliphatic carbocycles. The molecule has 0 aliphatic rings. The van der Waals surface area contributed by atoms with Gasteiger partial charge in [0.15, 0.2) is 0 Å². The van der Waals surface area contributed by atoms with Gasteiger partial charge in [-0.15, -0.1) is 0 Å². The van der Waals surface area contributed by atoms with Crippen LogP contribution >= 0.6 is 0 Å². The molecular formula is C22H19N2+. The zero-order chi connectivity index (χ0) is 16.5. The highest BCUT2D eigenvalue weighted by atomic mass is 14.9. The van der Waals surface area contributed by atoms with Crippen LogP contribution in [0.3, 0.4) is 0 Å². The predicted octanol–water partition coefficient (Wildman–Crippen LogP) is 4.70. The van der Waals surface area contributed by atoms with Crippen molar-refractivity contribution in [1.82, 2.24) is 4.98 Å². The van der Waals surface area contributed by atoms with Crippen molar-refractivity contribution in [1.29, 1.82) is 0 Å². The lowest BCUT2D eigenvalue weighted by Gasteiger charge is -2.08. The van der Waals surface area contributed by atoms with E-state index in [0.717, 1.165) is 0 Å². The second-order valence-electron chi connectivity index (χ2n) is 6.10. The van der Waals surface area contributed by atoms with E-state index in [-0.39, 0.29) is 0 Å². The normalized spacial score (nSPS) is 10.9. The fraction of sp³-hybridized carbons (Fsp3) is 0.0909. The number of benzene rings is 2. The van der Waals surface area contributed by atoms with E-state index in [1.54, 1.807) is 0 Å². The summed E-state index contributed by atoms with van der Waals surface area (Å²) in [4.78, 5) is 4.11. The Hall–Kier alpha value is -3.00. The number of rotatable bonds is 2. The SMILES string of the molecule is Cc1ccccc1-c1ccc2ccc(-c3ccncc3)cc2[n+]1C. The van der Waals surface area contributed by atoms with Gasteiger partial charge in [0.05, 0.1) is 0 Å². The minimum absolute atomic E-state index is 1.19. The van der Waals surface area contributed by atoms with Crippen molar-refractivity contribution in [2.75, 3.05) is 0 Å². The Bertz CT molecular complexity index is 1020. The Kier molecular flexibility index (Phi) is 3.58. The van der Waals surface area contributed by atoms with Crippen LogP contribution in [-0.2, 0) is 7.05 Å². The van der Waals surface area contributed by atoms with Crippen LogP contribution in [-0.4, -0.2) is 4.98 Å². The summed E-state index contributed by atoms with van der Waals surface area (Å²) < 4.78 is 2.28. The monoisotopic (exact) mass is 311 g/mol. The van der Waals surface area contributed by atoms with E-state index >= 15 is 0 Å². The highest BCUT2D eigenvalue weighted by Crippen LogP contribution is 2.25. The van der Waals surface area contributed by atoms with Crippen molar-refractivity contribution >= 4 is 10.9 Å². The van der Waals surface area contributed by atoms with Gasteiger partial charge in [-0.1, -0.05) is 24.3 Å². The van der Waals surface area contributed by atoms with E-state index in [0.29, 0.717) is 0 Å². The van der Waals surface area contributed by atoms with Gasteiger partial charge in [-0.05, 0) is 53.9 Å². The number of hydrogen-bond donors (Lipinski definition) is 0. The maximum atomic E-state index is 4.11. The second kappa shape index (κ2) is 5.89. The van der Waals surface area contributed by atoms with Gasteiger partial charge in [0.25, 0.3) is 0 Å². The second-order valence-corrected chi connectivity index (χ2v) is 6.10. The molecule has 0 bridgehead atoms. The summed E-state index contributed by atoms with van der Waals surface area (Å²) >= 11 is 0. The van der Waals surface area contributed by atoms with E-state index in [1.165, 1.54) is 38.9 Å². The van der Waals surface area contributed by atoms with Crippen LogP contribution < -0.4 is 4.57 Å². The highest BCUT2D eigenvalue weighted by molar-refractivity contribution is 5.83. The molecule has 0 unspecified atom stereocenters. The third kappa shape index (κ3) is 2.46. The van der Waals surface area contributed by atoms with Crippen molar-refractivity contribution in [2.24, 2.45) is 7.05 Å². The van der Waals surface area contributed by atoms with Gasteiger partial charge in [-0.3, -0.25) is 4.98 Å². The molecule has 2 heterocycles. The summed E-state index contributed by atoms with van der Waals surface area (Å²) in [6.07, 6.45) is 3.67. The van der Waals surface area contributed by atoms with Crippen molar-refractivity contribution in [3.8, 4) is 22.4 Å². The first-order valence-electron chi connectivity index (χ1n) is 8.13. The summed E-state index contributed by atoms with van der Waals surface area (Å²) in [5, 5.41) is 1.24. The molecule has 2 nitrogen and oxygen atoms in total. The van der Waals surface area contributed by atoms with Crippen molar-refractivity contribution in [2.45, 2.75) is 6.92 Å². The van der Waals surface area contributed by atoms with E-state index in [4.69, 9.17) is 0 Å². The first kappa shape index (κ1) is 14.6. The van der Waals surface area contributed by atoms with Crippen LogP contribution in [0, 0.1) is 6.92 Å². The summed E-state index contributed by atoms with van der Waals surface area (Å²) in [6.45, 7) is 2.16. The summed E-state index contributed by atoms with van der Waals surface area (Å²) in [7, 11) is 2.14. The third-order valence-corrected chi connectivity index (χ3v) is 4.61. The van der Waals surface area contributed by atoms with Gasteiger partial charge in [-0.25, -0.2) is 0 Å². The van der Waals surface area contributed by atoms with Crippen LogP contribution in [0.2, 0.25) is 0 Å². The van der Waals surface area contributed by atoms with Crippen LogP contribution in [0.15, 0.2) is 79.1 Å². The van der Waals surface area contributed by atoms with Gasteiger partial charge in [-0.2, -0.15) is 4.57 Å². The summed E-state index contributed by atoms with van der Waals surface area (Å²) in [6, 6.07) is 23.6. The molecule has 2 aromatic heterocycles. The lowest BCUT2D eigenvalue weighted by molar-refractivity contribution is -0.633. The zero-order valence-corrected chi connectivity index (χ0v) is 13.9. The molecule has 116 valence electrons. The van der Waals surface area contributed by atoms with Gasteiger partial charge in [0.2, 0.25) is 11.2 Å². The number of pyridine rings is 2. The fourth-order valence-electron chi connectivity index (χ4n) is 3.24. The largest absolute Gasteiger partial charge is 0.265 e. The van der Waals surface area contributed by atoms with Gasteiger partial charge >= 0.3 is 0 Å². The molecule has 0 amide bonds. The fourth-order valence-corrected chi connectivity index (χ4v) is 3.24. The number of aromatic nitrogens is 2.